The third kappa shape index (κ3) is 4.68. The standard InChI is InChI=1S/C26H30N2O2S/c1-4-30-22-14-12-20(13-15-22)24(28-16-8-9-17-28)23-18(2)19(3)31-26(23)27-25(29)21-10-6-5-7-11-21/h5-7,10-15,24H,4,8-9,16-17H2,1-3H3,(H,27,29)/t24-/m1/s1. The van der Waals surface area contributed by atoms with E-state index in [2.05, 4.69) is 48.3 Å². The van der Waals surface area contributed by atoms with Gasteiger partial charge in [-0.15, -0.1) is 11.3 Å². The first-order valence-electron chi connectivity index (χ1n) is 11.0. The molecule has 0 aliphatic carbocycles. The quantitative estimate of drug-likeness (QED) is 0.481. The monoisotopic (exact) mass is 434 g/mol. The van der Waals surface area contributed by atoms with Crippen LogP contribution in [0.5, 0.6) is 5.75 Å². The molecule has 162 valence electrons. The fraction of sp³-hybridized carbons (Fsp3) is 0.346. The highest BCUT2D eigenvalue weighted by Crippen LogP contribution is 2.43. The lowest BCUT2D eigenvalue weighted by atomic mass is 9.95. The fourth-order valence-electron chi connectivity index (χ4n) is 4.30. The van der Waals surface area contributed by atoms with Crippen LogP contribution in [0.25, 0.3) is 0 Å². The highest BCUT2D eigenvalue weighted by Gasteiger charge is 2.31. The predicted octanol–water partition coefficient (Wildman–Crippen LogP) is 6.20. The average Bonchev–Trinajstić information content (AvgIpc) is 3.41. The molecule has 4 rings (SSSR count). The van der Waals surface area contributed by atoms with Crippen molar-refractivity contribution in [3.63, 3.8) is 0 Å². The molecule has 1 fully saturated rings. The van der Waals surface area contributed by atoms with Crippen molar-refractivity contribution in [3.05, 3.63) is 81.7 Å². The molecule has 0 radical (unpaired) electrons. The molecule has 3 aromatic rings. The van der Waals surface area contributed by atoms with Gasteiger partial charge in [-0.3, -0.25) is 9.69 Å². The van der Waals surface area contributed by atoms with Gasteiger partial charge < -0.3 is 10.1 Å². The molecule has 0 bridgehead atoms. The van der Waals surface area contributed by atoms with E-state index in [1.54, 1.807) is 11.3 Å². The van der Waals surface area contributed by atoms with Crippen LogP contribution in [0.2, 0.25) is 0 Å². The minimum atomic E-state index is -0.0602. The first-order valence-corrected chi connectivity index (χ1v) is 11.8. The number of rotatable bonds is 7. The number of hydrogen-bond acceptors (Lipinski definition) is 4. The van der Waals surface area contributed by atoms with Gasteiger partial charge in [0.2, 0.25) is 0 Å². The van der Waals surface area contributed by atoms with E-state index in [0.717, 1.165) is 23.8 Å². The van der Waals surface area contributed by atoms with Crippen LogP contribution >= 0.6 is 11.3 Å². The maximum atomic E-state index is 12.9. The lowest BCUT2D eigenvalue weighted by molar-refractivity contribution is 0.102. The zero-order valence-electron chi connectivity index (χ0n) is 18.5. The molecule has 31 heavy (non-hydrogen) atoms. The number of nitrogens with one attached hydrogen (secondary N) is 1. The Hall–Kier alpha value is -2.63. The van der Waals surface area contributed by atoms with Crippen LogP contribution in [0.1, 0.15) is 57.7 Å². The fourth-order valence-corrected chi connectivity index (χ4v) is 5.39. The van der Waals surface area contributed by atoms with Crippen LogP contribution in [-0.4, -0.2) is 30.5 Å². The lowest BCUT2D eigenvalue weighted by Crippen LogP contribution is -2.28. The molecule has 1 saturated heterocycles. The van der Waals surface area contributed by atoms with E-state index in [1.165, 1.54) is 34.4 Å². The minimum Gasteiger partial charge on any atom is -0.494 e. The van der Waals surface area contributed by atoms with Crippen LogP contribution in [0.3, 0.4) is 0 Å². The van der Waals surface area contributed by atoms with Gasteiger partial charge in [0, 0.05) is 16.0 Å². The summed E-state index contributed by atoms with van der Waals surface area (Å²) in [5.74, 6) is 0.831. The number of ether oxygens (including phenoxy) is 1. The summed E-state index contributed by atoms with van der Waals surface area (Å²) in [7, 11) is 0. The summed E-state index contributed by atoms with van der Waals surface area (Å²) < 4.78 is 5.66. The second kappa shape index (κ2) is 9.67. The van der Waals surface area contributed by atoms with E-state index in [9.17, 15) is 4.79 Å². The second-order valence-corrected chi connectivity index (χ2v) is 9.22. The molecule has 1 aliphatic heterocycles. The summed E-state index contributed by atoms with van der Waals surface area (Å²) in [4.78, 5) is 16.7. The van der Waals surface area contributed by atoms with Crippen LogP contribution in [0.4, 0.5) is 5.00 Å². The second-order valence-electron chi connectivity index (χ2n) is 7.99. The normalized spacial score (nSPS) is 15.1. The maximum Gasteiger partial charge on any atom is 0.256 e. The van der Waals surface area contributed by atoms with Gasteiger partial charge in [0.15, 0.2) is 0 Å². The van der Waals surface area contributed by atoms with Crippen LogP contribution in [-0.2, 0) is 0 Å². The molecular formula is C26H30N2O2S. The summed E-state index contributed by atoms with van der Waals surface area (Å²) in [6.45, 7) is 9.11. The molecule has 2 aromatic carbocycles. The Morgan fingerprint density at radius 2 is 1.74 bits per heavy atom. The molecular weight excluding hydrogens is 404 g/mol. The Labute approximate surface area is 188 Å². The van der Waals surface area contributed by atoms with E-state index >= 15 is 0 Å². The van der Waals surface area contributed by atoms with Crippen molar-refractivity contribution >= 4 is 22.2 Å². The Kier molecular flexibility index (Phi) is 6.73. The SMILES string of the molecule is CCOc1ccc([C@H](c2c(NC(=O)c3ccccc3)sc(C)c2C)N2CCCC2)cc1. The van der Waals surface area contributed by atoms with E-state index < -0.39 is 0 Å². The van der Waals surface area contributed by atoms with E-state index in [4.69, 9.17) is 4.74 Å². The number of aryl methyl sites for hydroxylation is 1. The van der Waals surface area contributed by atoms with Crippen molar-refractivity contribution in [2.24, 2.45) is 0 Å². The number of hydrogen-bond donors (Lipinski definition) is 1. The van der Waals surface area contributed by atoms with Gasteiger partial charge in [0.1, 0.15) is 10.8 Å². The summed E-state index contributed by atoms with van der Waals surface area (Å²) in [6, 6.07) is 18.0. The van der Waals surface area contributed by atoms with Gasteiger partial charge in [-0.1, -0.05) is 30.3 Å². The highest BCUT2D eigenvalue weighted by atomic mass is 32.1. The molecule has 1 amide bonds. The van der Waals surface area contributed by atoms with Gasteiger partial charge in [0.05, 0.1) is 12.6 Å². The van der Waals surface area contributed by atoms with E-state index in [1.807, 2.05) is 37.3 Å². The number of carbonyl (C=O) groups excluding carboxylic acids is 1. The number of anilines is 1. The average molecular weight is 435 g/mol. The van der Waals surface area contributed by atoms with Crippen molar-refractivity contribution in [3.8, 4) is 5.75 Å². The van der Waals surface area contributed by atoms with Crippen molar-refractivity contribution in [2.75, 3.05) is 25.0 Å². The van der Waals surface area contributed by atoms with Gasteiger partial charge in [-0.25, -0.2) is 0 Å². The molecule has 5 heteroatoms. The molecule has 0 spiro atoms. The summed E-state index contributed by atoms with van der Waals surface area (Å²) in [5.41, 5.74) is 4.40. The smallest absolute Gasteiger partial charge is 0.256 e. The Morgan fingerprint density at radius 3 is 2.39 bits per heavy atom. The van der Waals surface area contributed by atoms with Crippen LogP contribution < -0.4 is 10.1 Å². The Balaban J connectivity index is 1.73. The van der Waals surface area contributed by atoms with Crippen LogP contribution in [0, 0.1) is 13.8 Å². The molecule has 4 nitrogen and oxygen atoms in total. The highest BCUT2D eigenvalue weighted by molar-refractivity contribution is 7.16. The molecule has 1 atom stereocenters. The summed E-state index contributed by atoms with van der Waals surface area (Å²) >= 11 is 1.67. The number of likely N-dealkylation sites (tertiary alicyclic amines) is 1. The zero-order chi connectivity index (χ0) is 21.8. The van der Waals surface area contributed by atoms with Crippen molar-refractivity contribution < 1.29 is 9.53 Å². The van der Waals surface area contributed by atoms with Gasteiger partial charge >= 0.3 is 0 Å². The molecule has 1 N–H and O–H groups in total. The molecule has 2 heterocycles. The number of benzene rings is 2. The molecule has 0 unspecified atom stereocenters. The number of nitrogens with zero attached hydrogens (tertiary/aromatic N) is 1. The Morgan fingerprint density at radius 1 is 1.06 bits per heavy atom. The first kappa shape index (κ1) is 21.6. The number of carbonyl (C=O) groups is 1. The lowest BCUT2D eigenvalue weighted by Gasteiger charge is -2.29. The van der Waals surface area contributed by atoms with E-state index in [-0.39, 0.29) is 11.9 Å². The zero-order valence-corrected chi connectivity index (χ0v) is 19.3. The third-order valence-corrected chi connectivity index (χ3v) is 7.12. The predicted molar refractivity (Wildman–Crippen MR) is 128 cm³/mol. The molecule has 1 aliphatic rings. The summed E-state index contributed by atoms with van der Waals surface area (Å²) in [5, 5.41) is 4.18. The Bertz CT molecular complexity index is 1020. The summed E-state index contributed by atoms with van der Waals surface area (Å²) in [6.07, 6.45) is 2.42. The number of amides is 1. The third-order valence-electron chi connectivity index (χ3n) is 5.98. The van der Waals surface area contributed by atoms with Crippen molar-refractivity contribution in [1.29, 1.82) is 0 Å². The van der Waals surface area contributed by atoms with Crippen molar-refractivity contribution in [2.45, 2.75) is 39.7 Å². The first-order chi connectivity index (χ1) is 15.1. The van der Waals surface area contributed by atoms with Gasteiger partial charge in [-0.2, -0.15) is 0 Å². The maximum absolute atomic E-state index is 12.9. The topological polar surface area (TPSA) is 41.6 Å². The molecule has 0 saturated carbocycles. The van der Waals surface area contributed by atoms with Gasteiger partial charge in [0.25, 0.3) is 5.91 Å². The van der Waals surface area contributed by atoms with Crippen molar-refractivity contribution in [1.82, 2.24) is 4.90 Å². The largest absolute Gasteiger partial charge is 0.494 e. The minimum absolute atomic E-state index is 0.0602. The molecule has 1 aromatic heterocycles. The van der Waals surface area contributed by atoms with Crippen LogP contribution in [0.15, 0.2) is 54.6 Å². The number of thiophene rings is 1. The van der Waals surface area contributed by atoms with E-state index in [0.29, 0.717) is 12.2 Å². The van der Waals surface area contributed by atoms with Gasteiger partial charge in [-0.05, 0) is 82.1 Å².